The van der Waals surface area contributed by atoms with E-state index in [0.717, 1.165) is 5.56 Å². The summed E-state index contributed by atoms with van der Waals surface area (Å²) in [7, 11) is 1.59. The van der Waals surface area contributed by atoms with Gasteiger partial charge in [-0.15, -0.1) is 0 Å². The first-order valence-electron chi connectivity index (χ1n) is 6.61. The van der Waals surface area contributed by atoms with E-state index in [4.69, 9.17) is 18.9 Å². The van der Waals surface area contributed by atoms with Gasteiger partial charge in [0, 0.05) is 6.07 Å². The Morgan fingerprint density at radius 1 is 1.10 bits per heavy atom. The Hall–Kier alpha value is -2.40. The zero-order valence-corrected chi connectivity index (χ0v) is 11.6. The van der Waals surface area contributed by atoms with E-state index in [-0.39, 0.29) is 13.4 Å². The molecule has 2 aromatic rings. The van der Waals surface area contributed by atoms with Gasteiger partial charge in [0.15, 0.2) is 11.5 Å². The Kier molecular flexibility index (Phi) is 3.83. The third-order valence-electron chi connectivity index (χ3n) is 3.23. The summed E-state index contributed by atoms with van der Waals surface area (Å²) in [4.78, 5) is 0. The predicted molar refractivity (Wildman–Crippen MR) is 76.0 cm³/mol. The fraction of sp³-hybridized carbons (Fsp3) is 0.250. The van der Waals surface area contributed by atoms with Gasteiger partial charge in [-0.05, 0) is 29.8 Å². The number of aliphatic hydroxyl groups excluding tert-OH is 1. The van der Waals surface area contributed by atoms with Gasteiger partial charge in [-0.3, -0.25) is 0 Å². The molecule has 0 fully saturated rings. The number of methoxy groups -OCH3 is 1. The van der Waals surface area contributed by atoms with Crippen molar-refractivity contribution in [2.45, 2.75) is 6.10 Å². The van der Waals surface area contributed by atoms with Gasteiger partial charge in [-0.1, -0.05) is 12.1 Å². The number of hydrogen-bond donors (Lipinski definition) is 1. The van der Waals surface area contributed by atoms with Crippen LogP contribution in [-0.4, -0.2) is 25.6 Å². The number of fused-ring (bicyclic) bond motifs is 1. The van der Waals surface area contributed by atoms with Crippen molar-refractivity contribution in [1.82, 2.24) is 0 Å². The van der Waals surface area contributed by atoms with E-state index in [1.165, 1.54) is 0 Å². The number of benzene rings is 2. The SMILES string of the molecule is COc1cccc(C(O)COc2ccc3c(c2)OCO3)c1. The average molecular weight is 288 g/mol. The zero-order chi connectivity index (χ0) is 14.7. The quantitative estimate of drug-likeness (QED) is 0.916. The molecule has 21 heavy (non-hydrogen) atoms. The highest BCUT2D eigenvalue weighted by Gasteiger charge is 2.15. The summed E-state index contributed by atoms with van der Waals surface area (Å²) in [6.07, 6.45) is -0.731. The molecule has 0 radical (unpaired) electrons. The molecule has 0 saturated carbocycles. The number of ether oxygens (including phenoxy) is 4. The number of hydrogen-bond acceptors (Lipinski definition) is 5. The summed E-state index contributed by atoms with van der Waals surface area (Å²) in [5, 5.41) is 10.2. The van der Waals surface area contributed by atoms with Gasteiger partial charge in [0.2, 0.25) is 6.79 Å². The Balaban J connectivity index is 1.64. The molecule has 1 heterocycles. The Labute approximate surface area is 122 Å². The van der Waals surface area contributed by atoms with E-state index >= 15 is 0 Å². The molecule has 0 bridgehead atoms. The van der Waals surface area contributed by atoms with E-state index in [1.807, 2.05) is 18.2 Å². The molecule has 0 aliphatic carbocycles. The second-order valence-corrected chi connectivity index (χ2v) is 4.62. The molecule has 0 aromatic heterocycles. The minimum Gasteiger partial charge on any atom is -0.497 e. The monoisotopic (exact) mass is 288 g/mol. The highest BCUT2D eigenvalue weighted by Crippen LogP contribution is 2.35. The Morgan fingerprint density at radius 3 is 2.81 bits per heavy atom. The lowest BCUT2D eigenvalue weighted by Gasteiger charge is -2.13. The van der Waals surface area contributed by atoms with Crippen LogP contribution in [0.2, 0.25) is 0 Å². The van der Waals surface area contributed by atoms with Gasteiger partial charge in [-0.2, -0.15) is 0 Å². The second-order valence-electron chi connectivity index (χ2n) is 4.62. The van der Waals surface area contributed by atoms with Crippen molar-refractivity contribution in [3.8, 4) is 23.0 Å². The minimum atomic E-state index is -0.731. The molecular weight excluding hydrogens is 272 g/mol. The van der Waals surface area contributed by atoms with Crippen molar-refractivity contribution in [3.63, 3.8) is 0 Å². The maximum atomic E-state index is 10.2. The third-order valence-corrected chi connectivity index (χ3v) is 3.23. The van der Waals surface area contributed by atoms with Crippen molar-refractivity contribution in [2.24, 2.45) is 0 Å². The molecule has 1 N–H and O–H groups in total. The van der Waals surface area contributed by atoms with Crippen LogP contribution in [0.4, 0.5) is 0 Å². The molecule has 1 aliphatic heterocycles. The highest BCUT2D eigenvalue weighted by molar-refractivity contribution is 5.46. The highest BCUT2D eigenvalue weighted by atomic mass is 16.7. The fourth-order valence-corrected chi connectivity index (χ4v) is 2.09. The topological polar surface area (TPSA) is 57.2 Å². The van der Waals surface area contributed by atoms with Gasteiger partial charge in [0.25, 0.3) is 0 Å². The standard InChI is InChI=1S/C16H16O5/c1-18-12-4-2-3-11(7-12)14(17)9-19-13-5-6-15-16(8-13)21-10-20-15/h2-8,14,17H,9-10H2,1H3. The molecule has 1 unspecified atom stereocenters. The van der Waals surface area contributed by atoms with Crippen LogP contribution < -0.4 is 18.9 Å². The van der Waals surface area contributed by atoms with E-state index in [2.05, 4.69) is 0 Å². The van der Waals surface area contributed by atoms with Crippen molar-refractivity contribution < 1.29 is 24.1 Å². The fourth-order valence-electron chi connectivity index (χ4n) is 2.09. The molecule has 3 rings (SSSR count). The van der Waals surface area contributed by atoms with Crippen molar-refractivity contribution >= 4 is 0 Å². The molecule has 0 saturated heterocycles. The molecule has 5 heteroatoms. The normalized spacial score (nSPS) is 13.8. The summed E-state index contributed by atoms with van der Waals surface area (Å²) < 4.78 is 21.2. The molecule has 0 amide bonds. The van der Waals surface area contributed by atoms with Crippen molar-refractivity contribution in [2.75, 3.05) is 20.5 Å². The lowest BCUT2D eigenvalue weighted by Crippen LogP contribution is -2.09. The Morgan fingerprint density at radius 2 is 1.95 bits per heavy atom. The number of aliphatic hydroxyl groups is 1. The first-order chi connectivity index (χ1) is 10.3. The molecule has 1 atom stereocenters. The first kappa shape index (κ1) is 13.6. The van der Waals surface area contributed by atoms with Crippen LogP contribution in [0.25, 0.3) is 0 Å². The van der Waals surface area contributed by atoms with E-state index in [1.54, 1.807) is 31.4 Å². The average Bonchev–Trinajstić information content (AvgIpc) is 3.00. The van der Waals surface area contributed by atoms with Crippen LogP contribution in [-0.2, 0) is 0 Å². The van der Waals surface area contributed by atoms with Crippen LogP contribution in [0.3, 0.4) is 0 Å². The van der Waals surface area contributed by atoms with Gasteiger partial charge in [0.1, 0.15) is 24.2 Å². The largest absolute Gasteiger partial charge is 0.497 e. The van der Waals surface area contributed by atoms with Crippen molar-refractivity contribution in [3.05, 3.63) is 48.0 Å². The first-order valence-corrected chi connectivity index (χ1v) is 6.61. The summed E-state index contributed by atoms with van der Waals surface area (Å²) in [5.74, 6) is 2.69. The summed E-state index contributed by atoms with van der Waals surface area (Å²) in [6.45, 7) is 0.373. The molecule has 5 nitrogen and oxygen atoms in total. The summed E-state index contributed by atoms with van der Waals surface area (Å²) in [5.41, 5.74) is 0.745. The number of rotatable bonds is 5. The van der Waals surface area contributed by atoms with Gasteiger partial charge in [-0.25, -0.2) is 0 Å². The van der Waals surface area contributed by atoms with Crippen LogP contribution >= 0.6 is 0 Å². The van der Waals surface area contributed by atoms with Gasteiger partial charge >= 0.3 is 0 Å². The van der Waals surface area contributed by atoms with E-state index in [0.29, 0.717) is 23.0 Å². The van der Waals surface area contributed by atoms with Crippen LogP contribution in [0.1, 0.15) is 11.7 Å². The lowest BCUT2D eigenvalue weighted by atomic mass is 10.1. The van der Waals surface area contributed by atoms with Crippen LogP contribution in [0.15, 0.2) is 42.5 Å². The second kappa shape index (κ2) is 5.93. The lowest BCUT2D eigenvalue weighted by molar-refractivity contribution is 0.108. The minimum absolute atomic E-state index is 0.146. The van der Waals surface area contributed by atoms with Crippen LogP contribution in [0.5, 0.6) is 23.0 Å². The smallest absolute Gasteiger partial charge is 0.231 e. The van der Waals surface area contributed by atoms with Crippen LogP contribution in [0, 0.1) is 0 Å². The maximum absolute atomic E-state index is 10.2. The Bertz CT molecular complexity index is 626. The van der Waals surface area contributed by atoms with Crippen molar-refractivity contribution in [1.29, 1.82) is 0 Å². The van der Waals surface area contributed by atoms with Gasteiger partial charge < -0.3 is 24.1 Å². The van der Waals surface area contributed by atoms with E-state index < -0.39 is 6.10 Å². The van der Waals surface area contributed by atoms with Gasteiger partial charge in [0.05, 0.1) is 7.11 Å². The summed E-state index contributed by atoms with van der Waals surface area (Å²) >= 11 is 0. The predicted octanol–water partition coefficient (Wildman–Crippen LogP) is 2.54. The van der Waals surface area contributed by atoms with E-state index in [9.17, 15) is 5.11 Å². The zero-order valence-electron chi connectivity index (χ0n) is 11.6. The third kappa shape index (κ3) is 3.03. The molecule has 1 aliphatic rings. The molecule has 110 valence electrons. The molecule has 2 aromatic carbocycles. The molecular formula is C16H16O5. The molecule has 0 spiro atoms. The summed E-state index contributed by atoms with van der Waals surface area (Å²) in [6, 6.07) is 12.6. The maximum Gasteiger partial charge on any atom is 0.231 e.